The van der Waals surface area contributed by atoms with Crippen LogP contribution in [0.2, 0.25) is 0 Å². The Labute approximate surface area is 171 Å². The highest BCUT2D eigenvalue weighted by Crippen LogP contribution is 2.33. The average Bonchev–Trinajstić information content (AvgIpc) is 3.10. The predicted octanol–water partition coefficient (Wildman–Crippen LogP) is 1.54. The number of likely N-dealkylation sites (N-methyl/N-ethyl adjacent to an activating group) is 1. The zero-order chi connectivity index (χ0) is 20.9. The summed E-state index contributed by atoms with van der Waals surface area (Å²) < 4.78 is 0. The van der Waals surface area contributed by atoms with Gasteiger partial charge in [-0.3, -0.25) is 20.0 Å². The van der Waals surface area contributed by atoms with Crippen molar-refractivity contribution in [3.05, 3.63) is 48.0 Å². The maximum atomic E-state index is 13.6. The molecule has 3 heterocycles. The van der Waals surface area contributed by atoms with E-state index < -0.39 is 12.2 Å². The second-order valence-electron chi connectivity index (χ2n) is 7.95. The highest BCUT2D eigenvalue weighted by molar-refractivity contribution is 6.01. The zero-order valence-corrected chi connectivity index (χ0v) is 17.4. The number of hydrazone groups is 1. The van der Waals surface area contributed by atoms with E-state index in [0.717, 1.165) is 16.8 Å². The number of nitrogens with zero attached hydrogens (tertiary/aromatic N) is 5. The second kappa shape index (κ2) is 7.27. The van der Waals surface area contributed by atoms with Gasteiger partial charge < -0.3 is 4.90 Å². The molecule has 154 valence electrons. The Morgan fingerprint density at radius 1 is 1.24 bits per heavy atom. The molecule has 4 rings (SSSR count). The van der Waals surface area contributed by atoms with Crippen LogP contribution in [-0.4, -0.2) is 75.5 Å². The lowest BCUT2D eigenvalue weighted by Gasteiger charge is -2.45. The molecule has 0 spiro atoms. The van der Waals surface area contributed by atoms with Crippen molar-refractivity contribution < 1.29 is 9.59 Å². The molecule has 1 aromatic rings. The lowest BCUT2D eigenvalue weighted by atomic mass is 10.0. The number of nitrogens with one attached hydrogen (secondary N) is 1. The highest BCUT2D eigenvalue weighted by Gasteiger charge is 2.57. The van der Waals surface area contributed by atoms with E-state index in [1.807, 2.05) is 43.1 Å². The van der Waals surface area contributed by atoms with E-state index in [1.165, 1.54) is 4.90 Å². The number of imide groups is 1. The zero-order valence-electron chi connectivity index (χ0n) is 17.4. The van der Waals surface area contributed by atoms with E-state index in [0.29, 0.717) is 6.54 Å². The number of fused-ring (bicyclic) bond motifs is 3. The van der Waals surface area contributed by atoms with E-state index in [4.69, 9.17) is 0 Å². The van der Waals surface area contributed by atoms with Crippen molar-refractivity contribution in [2.45, 2.75) is 51.9 Å². The topological polar surface area (TPSA) is 71.5 Å². The van der Waals surface area contributed by atoms with Gasteiger partial charge in [0.25, 0.3) is 5.91 Å². The summed E-state index contributed by atoms with van der Waals surface area (Å²) in [7, 11) is 1.75. The minimum Gasteiger partial charge on any atom is -0.310 e. The number of hydrogen-bond acceptors (Lipinski definition) is 6. The molecule has 8 nitrogen and oxygen atoms in total. The maximum absolute atomic E-state index is 13.6. The van der Waals surface area contributed by atoms with Gasteiger partial charge in [0.1, 0.15) is 12.2 Å². The van der Waals surface area contributed by atoms with E-state index in [9.17, 15) is 9.59 Å². The van der Waals surface area contributed by atoms with Crippen molar-refractivity contribution in [2.24, 2.45) is 5.10 Å². The van der Waals surface area contributed by atoms with Gasteiger partial charge in [-0.05, 0) is 31.9 Å². The molecule has 0 bridgehead atoms. The Morgan fingerprint density at radius 3 is 2.66 bits per heavy atom. The highest BCUT2D eigenvalue weighted by atomic mass is 16.2. The summed E-state index contributed by atoms with van der Waals surface area (Å²) in [5.74, 6) is -0.170. The summed E-state index contributed by atoms with van der Waals surface area (Å²) in [4.78, 5) is 31.8. The summed E-state index contributed by atoms with van der Waals surface area (Å²) in [5, 5.41) is 10.00. The first kappa shape index (κ1) is 19.6. The molecule has 3 aliphatic rings. The van der Waals surface area contributed by atoms with Gasteiger partial charge in [-0.2, -0.15) is 5.10 Å². The predicted molar refractivity (Wildman–Crippen MR) is 111 cm³/mol. The van der Waals surface area contributed by atoms with E-state index in [2.05, 4.69) is 28.8 Å². The molecular formula is C21H28N6O2. The minimum absolute atomic E-state index is 0.0190. The molecule has 2 saturated heterocycles. The molecule has 0 radical (unpaired) electrons. The van der Waals surface area contributed by atoms with Gasteiger partial charge in [0.05, 0.1) is 24.8 Å². The first-order valence-corrected chi connectivity index (χ1v) is 9.94. The fraction of sp³-hybridized carbons (Fsp3) is 0.476. The third-order valence-corrected chi connectivity index (χ3v) is 6.22. The van der Waals surface area contributed by atoms with Crippen molar-refractivity contribution in [1.29, 1.82) is 0 Å². The number of aryl methyl sites for hydroxylation is 1. The van der Waals surface area contributed by atoms with Gasteiger partial charge in [-0.1, -0.05) is 30.3 Å². The van der Waals surface area contributed by atoms with Crippen molar-refractivity contribution in [3.8, 4) is 0 Å². The van der Waals surface area contributed by atoms with Gasteiger partial charge in [-0.15, -0.1) is 6.58 Å². The standard InChI is InChI=1S/C21H28N6O2/c1-6-11-26-20-22-18-17(27(20)15(4)14(3)23-26)19(28)25(21(29)24(18)5)12-16-10-8-7-9-13(16)2/h6-10,15,17-18,20,22H,1,11-12H2,2-5H3. The summed E-state index contributed by atoms with van der Waals surface area (Å²) >= 11 is 0. The number of rotatable bonds is 4. The molecule has 3 aliphatic heterocycles. The molecule has 2 fully saturated rings. The number of hydrogen-bond donors (Lipinski definition) is 1. The fourth-order valence-corrected chi connectivity index (χ4v) is 4.42. The first-order valence-electron chi connectivity index (χ1n) is 9.94. The Morgan fingerprint density at radius 2 is 1.97 bits per heavy atom. The van der Waals surface area contributed by atoms with Crippen LogP contribution in [0.4, 0.5) is 4.79 Å². The quantitative estimate of drug-likeness (QED) is 0.782. The van der Waals surface area contributed by atoms with E-state index >= 15 is 0 Å². The number of carbonyl (C=O) groups is 2. The molecule has 1 N–H and O–H groups in total. The number of urea groups is 1. The van der Waals surface area contributed by atoms with Crippen LogP contribution in [0.5, 0.6) is 0 Å². The Hall–Kier alpha value is -2.71. The number of amides is 3. The van der Waals surface area contributed by atoms with Crippen LogP contribution >= 0.6 is 0 Å². The smallest absolute Gasteiger partial charge is 0.310 e. The van der Waals surface area contributed by atoms with Crippen molar-refractivity contribution in [1.82, 2.24) is 25.0 Å². The molecule has 3 amide bonds. The SMILES string of the molecule is C=CCN1N=C(C)C(C)N2C3C(=O)N(Cc4ccccc4C)C(=O)N(C)C3NC12. The fourth-order valence-electron chi connectivity index (χ4n) is 4.42. The summed E-state index contributed by atoms with van der Waals surface area (Å²) in [5.41, 5.74) is 2.97. The Kier molecular flexibility index (Phi) is 4.92. The van der Waals surface area contributed by atoms with Gasteiger partial charge in [-0.25, -0.2) is 9.69 Å². The molecule has 0 aromatic heterocycles. The van der Waals surface area contributed by atoms with Crippen LogP contribution in [-0.2, 0) is 11.3 Å². The monoisotopic (exact) mass is 396 g/mol. The molecule has 0 aliphatic carbocycles. The molecule has 1 aromatic carbocycles. The average molecular weight is 396 g/mol. The van der Waals surface area contributed by atoms with Crippen LogP contribution < -0.4 is 5.32 Å². The van der Waals surface area contributed by atoms with Crippen LogP contribution in [0.1, 0.15) is 25.0 Å². The summed E-state index contributed by atoms with van der Waals surface area (Å²) in [6, 6.07) is 7.07. The van der Waals surface area contributed by atoms with Crippen LogP contribution in [0, 0.1) is 6.92 Å². The van der Waals surface area contributed by atoms with E-state index in [1.54, 1.807) is 18.0 Å². The van der Waals surface area contributed by atoms with Gasteiger partial charge in [0.15, 0.2) is 6.29 Å². The van der Waals surface area contributed by atoms with Crippen LogP contribution in [0.3, 0.4) is 0 Å². The molecular weight excluding hydrogens is 368 g/mol. The molecule has 8 heteroatoms. The third-order valence-electron chi connectivity index (χ3n) is 6.22. The molecule has 4 unspecified atom stereocenters. The van der Waals surface area contributed by atoms with Crippen molar-refractivity contribution >= 4 is 17.6 Å². The lowest BCUT2D eigenvalue weighted by molar-refractivity contribution is -0.140. The first-order chi connectivity index (χ1) is 13.8. The Balaban J connectivity index is 1.68. The largest absolute Gasteiger partial charge is 0.328 e. The molecule has 4 atom stereocenters. The van der Waals surface area contributed by atoms with E-state index in [-0.39, 0.29) is 30.8 Å². The summed E-state index contributed by atoms with van der Waals surface area (Å²) in [6.45, 7) is 10.7. The number of benzene rings is 1. The van der Waals surface area contributed by atoms with Crippen molar-refractivity contribution in [2.75, 3.05) is 13.6 Å². The van der Waals surface area contributed by atoms with Crippen LogP contribution in [0.15, 0.2) is 42.0 Å². The second-order valence-corrected chi connectivity index (χ2v) is 7.95. The normalized spacial score (nSPS) is 29.7. The molecule has 29 heavy (non-hydrogen) atoms. The van der Waals surface area contributed by atoms with Gasteiger partial charge in [0.2, 0.25) is 0 Å². The Bertz CT molecular complexity index is 884. The summed E-state index contributed by atoms with van der Waals surface area (Å²) in [6.07, 6.45) is 1.12. The maximum Gasteiger partial charge on any atom is 0.328 e. The van der Waals surface area contributed by atoms with Crippen LogP contribution in [0.25, 0.3) is 0 Å². The van der Waals surface area contributed by atoms with Gasteiger partial charge >= 0.3 is 6.03 Å². The van der Waals surface area contributed by atoms with Gasteiger partial charge in [0, 0.05) is 7.05 Å². The van der Waals surface area contributed by atoms with Crippen molar-refractivity contribution in [3.63, 3.8) is 0 Å². The minimum atomic E-state index is -0.473. The number of carbonyl (C=O) groups excluding carboxylic acids is 2. The third kappa shape index (κ3) is 3.03. The molecule has 0 saturated carbocycles. The lowest BCUT2D eigenvalue weighted by Crippen LogP contribution is -2.67.